The Kier molecular flexibility index (Phi) is 2.42. The van der Waals surface area contributed by atoms with Gasteiger partial charge >= 0.3 is 0 Å². The molecule has 0 amide bonds. The molecule has 5 heavy (non-hydrogen) atoms. The van der Waals surface area contributed by atoms with Gasteiger partial charge in [0.1, 0.15) is 0 Å². The number of hydrogen-bond acceptors (Lipinski definition) is 1. The minimum absolute atomic E-state index is 0.417. The molecule has 0 N–H and O–H groups in total. The van der Waals surface area contributed by atoms with Gasteiger partial charge in [0.05, 0.1) is 0 Å². The van der Waals surface area contributed by atoms with E-state index in [-0.39, 0.29) is 0 Å². The highest BCUT2D eigenvalue weighted by atomic mass is 35.5. The average Bonchev–Trinajstić information content (AvgIpc) is 1.38. The van der Waals surface area contributed by atoms with E-state index in [0.29, 0.717) is 5.03 Å². The van der Waals surface area contributed by atoms with Crippen molar-refractivity contribution in [1.82, 2.24) is 0 Å². The number of allylic oxidation sites excluding steroid dienone is 1. The first-order chi connectivity index (χ1) is 2.27. The van der Waals surface area contributed by atoms with Gasteiger partial charge in [0.15, 0.2) is 0 Å². The second kappa shape index (κ2) is 2.36. The van der Waals surface area contributed by atoms with E-state index >= 15 is 0 Å². The zero-order chi connectivity index (χ0) is 4.28. The van der Waals surface area contributed by atoms with Gasteiger partial charge in [-0.3, -0.25) is 0 Å². The molecule has 0 saturated carbocycles. The quantitative estimate of drug-likeness (QED) is 0.363. The van der Waals surface area contributed by atoms with Crippen molar-refractivity contribution in [3.63, 3.8) is 0 Å². The molecule has 0 spiro atoms. The fourth-order valence-corrected chi connectivity index (χ4v) is 0. The Bertz CT molecular complexity index is 57.9. The van der Waals surface area contributed by atoms with Crippen LogP contribution in [0.1, 0.15) is 0 Å². The van der Waals surface area contributed by atoms with Crippen molar-refractivity contribution in [2.75, 3.05) is 0 Å². The largest absolute Gasteiger partial charge is 0.0871 e. The van der Waals surface area contributed by atoms with Crippen LogP contribution in [0.4, 0.5) is 0 Å². The maximum Gasteiger partial charge on any atom is 0.0441 e. The Morgan fingerprint density at radius 2 is 2.20 bits per heavy atom. The SMILES string of the molecule is C=C(Cl)C=S. The maximum atomic E-state index is 5.11. The summed E-state index contributed by atoms with van der Waals surface area (Å²) >= 11 is 9.43. The third kappa shape index (κ3) is 4.12. The van der Waals surface area contributed by atoms with Crippen molar-refractivity contribution in [3.05, 3.63) is 11.6 Å². The summed E-state index contributed by atoms with van der Waals surface area (Å²) in [5, 5.41) is 1.74. The third-order valence-corrected chi connectivity index (χ3v) is 0.651. The molecule has 28 valence electrons. The lowest BCUT2D eigenvalue weighted by Gasteiger charge is -1.65. The number of hydrogen-bond donors (Lipinski definition) is 0. The van der Waals surface area contributed by atoms with Crippen LogP contribution in [-0.2, 0) is 0 Å². The molecule has 0 aliphatic rings. The summed E-state index contributed by atoms with van der Waals surface area (Å²) in [5.74, 6) is 0. The fourth-order valence-electron chi connectivity index (χ4n) is 0. The van der Waals surface area contributed by atoms with E-state index in [2.05, 4.69) is 18.8 Å². The molecule has 0 aromatic heterocycles. The Morgan fingerprint density at radius 1 is 2.00 bits per heavy atom. The van der Waals surface area contributed by atoms with Crippen LogP contribution in [0.3, 0.4) is 0 Å². The molecule has 0 heterocycles. The fraction of sp³-hybridized carbons (Fsp3) is 0. The van der Waals surface area contributed by atoms with Crippen LogP contribution in [0.2, 0.25) is 0 Å². The van der Waals surface area contributed by atoms with Gasteiger partial charge in [0, 0.05) is 10.4 Å². The van der Waals surface area contributed by atoms with E-state index in [0.717, 1.165) is 0 Å². The van der Waals surface area contributed by atoms with E-state index in [1.165, 1.54) is 5.37 Å². The van der Waals surface area contributed by atoms with Crippen molar-refractivity contribution in [3.8, 4) is 0 Å². The van der Waals surface area contributed by atoms with E-state index in [4.69, 9.17) is 11.6 Å². The zero-order valence-corrected chi connectivity index (χ0v) is 4.14. The standard InChI is InChI=1S/C3H3ClS/c1-3(4)2-5/h2H,1H2. The first kappa shape index (κ1) is 5.12. The Morgan fingerprint density at radius 3 is 2.20 bits per heavy atom. The first-order valence-corrected chi connectivity index (χ1v) is 1.92. The molecule has 0 aromatic rings. The molecule has 0 unspecified atom stereocenters. The van der Waals surface area contributed by atoms with Crippen LogP contribution in [0.15, 0.2) is 11.6 Å². The summed E-state index contributed by atoms with van der Waals surface area (Å²) in [6.07, 6.45) is 0. The summed E-state index contributed by atoms with van der Waals surface area (Å²) in [5.41, 5.74) is 0. The Balaban J connectivity index is 3.20. The molecular weight excluding hydrogens is 104 g/mol. The first-order valence-electron chi connectivity index (χ1n) is 1.07. The lowest BCUT2D eigenvalue weighted by Crippen LogP contribution is -1.55. The number of thiocarbonyl (C=S) groups is 1. The summed E-state index contributed by atoms with van der Waals surface area (Å²) in [6, 6.07) is 0. The Hall–Kier alpha value is 0.120. The molecule has 0 rings (SSSR count). The van der Waals surface area contributed by atoms with E-state index in [1.807, 2.05) is 0 Å². The average molecular weight is 107 g/mol. The van der Waals surface area contributed by atoms with Gasteiger partial charge in [-0.25, -0.2) is 0 Å². The molecule has 0 bridgehead atoms. The van der Waals surface area contributed by atoms with Crippen LogP contribution < -0.4 is 0 Å². The summed E-state index contributed by atoms with van der Waals surface area (Å²) < 4.78 is 0. The zero-order valence-electron chi connectivity index (χ0n) is 2.57. The summed E-state index contributed by atoms with van der Waals surface area (Å²) in [4.78, 5) is 0. The Labute approximate surface area is 41.4 Å². The van der Waals surface area contributed by atoms with Crippen LogP contribution in [0.25, 0.3) is 0 Å². The lowest BCUT2D eigenvalue weighted by molar-refractivity contribution is 2.39. The molecule has 0 aromatic carbocycles. The molecular formula is C3H3ClS. The molecule has 0 fully saturated rings. The van der Waals surface area contributed by atoms with E-state index < -0.39 is 0 Å². The molecule has 0 nitrogen and oxygen atoms in total. The predicted molar refractivity (Wildman–Crippen MR) is 28.6 cm³/mol. The van der Waals surface area contributed by atoms with Gasteiger partial charge < -0.3 is 0 Å². The van der Waals surface area contributed by atoms with E-state index in [1.54, 1.807) is 0 Å². The van der Waals surface area contributed by atoms with Crippen LogP contribution in [0, 0.1) is 0 Å². The highest BCUT2D eigenvalue weighted by molar-refractivity contribution is 7.79. The van der Waals surface area contributed by atoms with Crippen LogP contribution in [-0.4, -0.2) is 5.37 Å². The van der Waals surface area contributed by atoms with Gasteiger partial charge in [-0.1, -0.05) is 30.4 Å². The topological polar surface area (TPSA) is 0 Å². The predicted octanol–water partition coefficient (Wildman–Crippen LogP) is 1.74. The van der Waals surface area contributed by atoms with Crippen molar-refractivity contribution in [1.29, 1.82) is 0 Å². The lowest BCUT2D eigenvalue weighted by atomic mass is 10.8. The van der Waals surface area contributed by atoms with Gasteiger partial charge in [-0.05, 0) is 0 Å². The molecule has 2 heteroatoms. The monoisotopic (exact) mass is 106 g/mol. The van der Waals surface area contributed by atoms with Crippen molar-refractivity contribution < 1.29 is 0 Å². The minimum atomic E-state index is 0.417. The molecule has 0 aliphatic heterocycles. The van der Waals surface area contributed by atoms with Crippen LogP contribution >= 0.6 is 23.8 Å². The second-order valence-corrected chi connectivity index (χ2v) is 1.29. The molecule has 0 radical (unpaired) electrons. The van der Waals surface area contributed by atoms with Gasteiger partial charge in [-0.2, -0.15) is 0 Å². The van der Waals surface area contributed by atoms with E-state index in [9.17, 15) is 0 Å². The van der Waals surface area contributed by atoms with Gasteiger partial charge in [-0.15, -0.1) is 0 Å². The smallest absolute Gasteiger partial charge is 0.0441 e. The number of rotatable bonds is 1. The third-order valence-electron chi connectivity index (χ3n) is 0.128. The molecule has 0 aliphatic carbocycles. The highest BCUT2D eigenvalue weighted by Crippen LogP contribution is 1.87. The molecule has 0 atom stereocenters. The maximum absolute atomic E-state index is 5.11. The van der Waals surface area contributed by atoms with Crippen molar-refractivity contribution in [2.24, 2.45) is 0 Å². The van der Waals surface area contributed by atoms with Gasteiger partial charge in [0.25, 0.3) is 0 Å². The highest BCUT2D eigenvalue weighted by Gasteiger charge is 1.65. The van der Waals surface area contributed by atoms with Crippen molar-refractivity contribution in [2.45, 2.75) is 0 Å². The van der Waals surface area contributed by atoms with Gasteiger partial charge in [0.2, 0.25) is 0 Å². The summed E-state index contributed by atoms with van der Waals surface area (Å²) in [7, 11) is 0. The normalized spacial score (nSPS) is 6.60. The number of halogens is 1. The minimum Gasteiger partial charge on any atom is -0.0871 e. The van der Waals surface area contributed by atoms with Crippen LogP contribution in [0.5, 0.6) is 0 Å². The summed E-state index contributed by atoms with van der Waals surface area (Å²) in [6.45, 7) is 3.28. The second-order valence-electron chi connectivity index (χ2n) is 0.565. The molecule has 0 saturated heterocycles. The van der Waals surface area contributed by atoms with Crippen molar-refractivity contribution >= 4 is 29.2 Å².